The number of rotatable bonds is 43. The van der Waals surface area contributed by atoms with Crippen LogP contribution >= 0.6 is 9.03 Å². The number of aliphatic hydroxyl groups excluding tert-OH is 2. The Bertz CT molecular complexity index is 687. The molecule has 0 aliphatic carbocycles. The molecule has 0 fully saturated rings. The first kappa shape index (κ1) is 50.7. The van der Waals surface area contributed by atoms with Crippen molar-refractivity contribution >= 4 is 15.0 Å². The summed E-state index contributed by atoms with van der Waals surface area (Å²) >= 11 is 0. The molecule has 306 valence electrons. The van der Waals surface area contributed by atoms with E-state index in [1.54, 1.807) is 0 Å². The number of carbonyl (C=O) groups excluding carboxylic acids is 1. The topological polar surface area (TPSA) is 88.5 Å². The number of esters is 1. The van der Waals surface area contributed by atoms with E-state index in [0.29, 0.717) is 13.0 Å². The molecule has 0 aromatic carbocycles. The molecule has 0 aromatic heterocycles. The summed E-state index contributed by atoms with van der Waals surface area (Å²) in [4.78, 5) is 14.6. The zero-order valence-electron chi connectivity index (χ0n) is 34.3. The van der Waals surface area contributed by atoms with Gasteiger partial charge in [0.15, 0.2) is 9.03 Å². The molecule has 0 rings (SSSR count). The molecule has 0 aromatic rings. The van der Waals surface area contributed by atoms with Gasteiger partial charge in [-0.15, -0.1) is 0 Å². The van der Waals surface area contributed by atoms with Gasteiger partial charge in [-0.05, 0) is 77.3 Å². The van der Waals surface area contributed by atoms with Gasteiger partial charge in [0.1, 0.15) is 0 Å². The number of ether oxygens (including phenoxy) is 1. The van der Waals surface area contributed by atoms with E-state index in [1.165, 1.54) is 128 Å². The molecule has 3 unspecified atom stereocenters. The molecule has 0 radical (unpaired) electrons. The fraction of sp³-hybridized carbons (Fsp3) is 0.977. The second-order valence-corrected chi connectivity index (χ2v) is 16.0. The van der Waals surface area contributed by atoms with Crippen molar-refractivity contribution in [2.24, 2.45) is 5.92 Å². The van der Waals surface area contributed by atoms with Crippen LogP contribution in [-0.2, 0) is 18.6 Å². The van der Waals surface area contributed by atoms with E-state index < -0.39 is 0 Å². The first-order valence-corrected chi connectivity index (χ1v) is 23.0. The second kappa shape index (κ2) is 42.4. The van der Waals surface area contributed by atoms with Gasteiger partial charge in [-0.1, -0.05) is 149 Å². The van der Waals surface area contributed by atoms with Gasteiger partial charge in [0, 0.05) is 19.6 Å². The van der Waals surface area contributed by atoms with E-state index in [9.17, 15) is 9.90 Å². The van der Waals surface area contributed by atoms with Gasteiger partial charge >= 0.3 is 5.97 Å². The fourth-order valence-corrected chi connectivity index (χ4v) is 7.46. The monoisotopic (exact) mass is 746 g/mol. The summed E-state index contributed by atoms with van der Waals surface area (Å²) in [5.74, 6) is 0.857. The highest BCUT2D eigenvalue weighted by atomic mass is 31.1. The summed E-state index contributed by atoms with van der Waals surface area (Å²) < 4.78 is 17.0. The van der Waals surface area contributed by atoms with Crippen LogP contribution in [0.25, 0.3) is 0 Å². The third kappa shape index (κ3) is 39.2. The zero-order valence-corrected chi connectivity index (χ0v) is 35.3. The molecule has 51 heavy (non-hydrogen) atoms. The Morgan fingerprint density at radius 2 is 1.02 bits per heavy atom. The van der Waals surface area contributed by atoms with Gasteiger partial charge in [-0.3, -0.25) is 4.79 Å². The highest BCUT2D eigenvalue weighted by Gasteiger charge is 2.10. The summed E-state index contributed by atoms with van der Waals surface area (Å²) in [6, 6.07) is 0. The molecule has 0 aliphatic rings. The van der Waals surface area contributed by atoms with Gasteiger partial charge in [0.25, 0.3) is 0 Å². The molecule has 0 heterocycles. The molecule has 7 nitrogen and oxygen atoms in total. The standard InChI is InChI=1S/C43H88NO6P/c1-4-6-7-8-13-21-30-41(3)50-43(47)33-24-15-11-16-25-34-44(36-38-46)35-26-17-12-19-29-40-49-51-48-39-28-18-10-9-14-22-31-42(5-2)32-23-20-27-37-45/h41-42,45-46,51H,4-40H2,1-3H3. The molecular weight excluding hydrogens is 657 g/mol. The van der Waals surface area contributed by atoms with Gasteiger partial charge in [0.2, 0.25) is 0 Å². The Hall–Kier alpha value is -0.300. The van der Waals surface area contributed by atoms with Crippen molar-refractivity contribution in [2.45, 2.75) is 219 Å². The fourth-order valence-electron chi connectivity index (χ4n) is 6.92. The Morgan fingerprint density at radius 3 is 1.55 bits per heavy atom. The van der Waals surface area contributed by atoms with E-state index in [4.69, 9.17) is 18.9 Å². The van der Waals surface area contributed by atoms with Crippen molar-refractivity contribution in [1.29, 1.82) is 0 Å². The van der Waals surface area contributed by atoms with Gasteiger partial charge < -0.3 is 28.9 Å². The number of nitrogens with zero attached hydrogens (tertiary/aromatic N) is 1. The minimum Gasteiger partial charge on any atom is -0.463 e. The quantitative estimate of drug-likeness (QED) is 0.0365. The molecule has 0 spiro atoms. The van der Waals surface area contributed by atoms with E-state index >= 15 is 0 Å². The molecule has 2 N–H and O–H groups in total. The smallest absolute Gasteiger partial charge is 0.306 e. The van der Waals surface area contributed by atoms with Crippen LogP contribution in [0.1, 0.15) is 213 Å². The average Bonchev–Trinajstić information content (AvgIpc) is 3.12. The molecule has 0 bridgehead atoms. The van der Waals surface area contributed by atoms with Crippen LogP contribution in [0, 0.1) is 5.92 Å². The molecule has 0 amide bonds. The van der Waals surface area contributed by atoms with Crippen molar-refractivity contribution in [2.75, 3.05) is 46.1 Å². The summed E-state index contributed by atoms with van der Waals surface area (Å²) in [5, 5.41) is 18.4. The van der Waals surface area contributed by atoms with Crippen LogP contribution in [0.15, 0.2) is 0 Å². The lowest BCUT2D eigenvalue weighted by Crippen LogP contribution is -2.29. The summed E-state index contributed by atoms with van der Waals surface area (Å²) in [7, 11) is 0.180. The van der Waals surface area contributed by atoms with Gasteiger partial charge in [0.05, 0.1) is 25.9 Å². The van der Waals surface area contributed by atoms with Crippen molar-refractivity contribution in [3.05, 3.63) is 0 Å². The average molecular weight is 746 g/mol. The third-order valence-corrected chi connectivity index (χ3v) is 11.0. The first-order chi connectivity index (χ1) is 25.1. The normalized spacial score (nSPS) is 13.1. The maximum atomic E-state index is 12.1. The molecule has 3 atom stereocenters. The number of carbonyl (C=O) groups is 1. The second-order valence-electron chi connectivity index (χ2n) is 15.2. The summed E-state index contributed by atoms with van der Waals surface area (Å²) in [6.45, 7) is 11.7. The molecule has 8 heteroatoms. The third-order valence-electron chi connectivity index (χ3n) is 10.4. The lowest BCUT2D eigenvalue weighted by molar-refractivity contribution is -0.148. The van der Waals surface area contributed by atoms with Crippen LogP contribution in [0.4, 0.5) is 0 Å². The van der Waals surface area contributed by atoms with Crippen LogP contribution in [-0.4, -0.2) is 73.2 Å². The van der Waals surface area contributed by atoms with Crippen LogP contribution in [0.5, 0.6) is 0 Å². The van der Waals surface area contributed by atoms with Gasteiger partial charge in [-0.25, -0.2) is 0 Å². The van der Waals surface area contributed by atoms with E-state index in [2.05, 4.69) is 18.7 Å². The Kier molecular flexibility index (Phi) is 42.2. The highest BCUT2D eigenvalue weighted by Crippen LogP contribution is 2.22. The largest absolute Gasteiger partial charge is 0.463 e. The number of hydrogen-bond acceptors (Lipinski definition) is 7. The summed E-state index contributed by atoms with van der Waals surface area (Å²) in [6.07, 6.45) is 36.0. The Balaban J connectivity index is 3.51. The van der Waals surface area contributed by atoms with Crippen molar-refractivity contribution in [3.8, 4) is 0 Å². The van der Waals surface area contributed by atoms with E-state index in [-0.39, 0.29) is 27.7 Å². The number of aliphatic hydroxyl groups is 2. The molecule has 0 saturated heterocycles. The van der Waals surface area contributed by atoms with Crippen LogP contribution in [0.2, 0.25) is 0 Å². The number of hydrogen-bond donors (Lipinski definition) is 2. The minimum absolute atomic E-state index is 0.0266. The van der Waals surface area contributed by atoms with Crippen LogP contribution in [0.3, 0.4) is 0 Å². The van der Waals surface area contributed by atoms with Crippen molar-refractivity contribution in [3.63, 3.8) is 0 Å². The highest BCUT2D eigenvalue weighted by molar-refractivity contribution is 7.26. The SMILES string of the molecule is CCCCCCCCC(C)OC(=O)CCCCCCCN(CCO)CCCCCCCOPOCCCCCCCCC(CC)CCCCCO. The van der Waals surface area contributed by atoms with Crippen molar-refractivity contribution < 1.29 is 28.8 Å². The Morgan fingerprint density at radius 1 is 0.549 bits per heavy atom. The minimum atomic E-state index is -0.0266. The van der Waals surface area contributed by atoms with E-state index in [0.717, 1.165) is 96.6 Å². The lowest BCUT2D eigenvalue weighted by Gasteiger charge is -2.21. The lowest BCUT2D eigenvalue weighted by atomic mass is 9.92. The molecule has 0 saturated carbocycles. The maximum absolute atomic E-state index is 12.1. The predicted molar refractivity (Wildman–Crippen MR) is 220 cm³/mol. The van der Waals surface area contributed by atoms with Gasteiger partial charge in [-0.2, -0.15) is 0 Å². The number of unbranched alkanes of at least 4 members (excludes halogenated alkanes) is 20. The zero-order chi connectivity index (χ0) is 37.3. The molecule has 0 aliphatic heterocycles. The first-order valence-electron chi connectivity index (χ1n) is 22.2. The van der Waals surface area contributed by atoms with Crippen molar-refractivity contribution in [1.82, 2.24) is 4.90 Å². The van der Waals surface area contributed by atoms with E-state index in [1.807, 2.05) is 6.92 Å². The predicted octanol–water partition coefficient (Wildman–Crippen LogP) is 12.1. The summed E-state index contributed by atoms with van der Waals surface area (Å²) in [5.41, 5.74) is 0. The van der Waals surface area contributed by atoms with Crippen LogP contribution < -0.4 is 0 Å². The Labute approximate surface area is 319 Å². The molecular formula is C43H88NO6P. The maximum Gasteiger partial charge on any atom is 0.306 e.